The maximum Gasteiger partial charge on any atom is 0.172 e. The van der Waals surface area contributed by atoms with Gasteiger partial charge in [0, 0.05) is 26.3 Å². The Balaban J connectivity index is 2.15. The molecule has 1 atom stereocenters. The second kappa shape index (κ2) is 9.12. The van der Waals surface area contributed by atoms with E-state index < -0.39 is 0 Å². The lowest BCUT2D eigenvalue weighted by molar-refractivity contribution is -0.164. The van der Waals surface area contributed by atoms with Crippen LogP contribution in [0.15, 0.2) is 0 Å². The third kappa shape index (κ3) is 4.43. The number of rotatable bonds is 7. The van der Waals surface area contributed by atoms with Gasteiger partial charge < -0.3 is 9.47 Å². The maximum atomic E-state index is 5.65. The van der Waals surface area contributed by atoms with Crippen LogP contribution in [0, 0.1) is 0 Å². The molecule has 0 aromatic rings. The molecular formula is C18H35NO2. The summed E-state index contributed by atoms with van der Waals surface area (Å²) in [6, 6.07) is 1.91. The van der Waals surface area contributed by atoms with E-state index in [9.17, 15) is 0 Å². The second-order valence-corrected chi connectivity index (χ2v) is 6.85. The first-order valence-corrected chi connectivity index (χ1v) is 9.14. The Morgan fingerprint density at radius 3 is 1.57 bits per heavy atom. The largest absolute Gasteiger partial charge is 0.354 e. The number of hydrogen-bond acceptors (Lipinski definition) is 3. The standard InChI is InChI=1S/C18H35NO2/c1-4-17(18(20-2)21-3)19(15-11-7-5-8-12-15)16-13-9-6-10-14-16/h15-18H,4-14H2,1-3H3. The quantitative estimate of drug-likeness (QED) is 0.652. The summed E-state index contributed by atoms with van der Waals surface area (Å²) in [4.78, 5) is 2.83. The molecule has 0 aliphatic heterocycles. The van der Waals surface area contributed by atoms with Gasteiger partial charge in [0.25, 0.3) is 0 Å². The van der Waals surface area contributed by atoms with Crippen LogP contribution < -0.4 is 0 Å². The van der Waals surface area contributed by atoms with Crippen LogP contribution in [-0.2, 0) is 9.47 Å². The van der Waals surface area contributed by atoms with E-state index in [1.54, 1.807) is 14.2 Å². The molecule has 0 spiro atoms. The SMILES string of the molecule is CCC(C(OC)OC)N(C1CCCCC1)C1CCCCC1. The Kier molecular flexibility index (Phi) is 7.48. The van der Waals surface area contributed by atoms with E-state index in [0.29, 0.717) is 6.04 Å². The van der Waals surface area contributed by atoms with Gasteiger partial charge in [0.05, 0.1) is 6.04 Å². The zero-order chi connectivity index (χ0) is 15.1. The van der Waals surface area contributed by atoms with Crippen molar-refractivity contribution >= 4 is 0 Å². The average molecular weight is 297 g/mol. The highest BCUT2D eigenvalue weighted by molar-refractivity contribution is 4.89. The monoisotopic (exact) mass is 297 g/mol. The summed E-state index contributed by atoms with van der Waals surface area (Å²) in [5, 5.41) is 0. The van der Waals surface area contributed by atoms with Crippen molar-refractivity contribution in [3.05, 3.63) is 0 Å². The minimum atomic E-state index is -0.0844. The molecule has 2 aliphatic carbocycles. The van der Waals surface area contributed by atoms with E-state index in [1.165, 1.54) is 64.2 Å². The van der Waals surface area contributed by atoms with E-state index in [1.807, 2.05) is 0 Å². The maximum absolute atomic E-state index is 5.65. The molecule has 0 heterocycles. The average Bonchev–Trinajstić information content (AvgIpc) is 2.56. The van der Waals surface area contributed by atoms with Crippen LogP contribution in [0.3, 0.4) is 0 Å². The van der Waals surface area contributed by atoms with Gasteiger partial charge in [-0.15, -0.1) is 0 Å². The summed E-state index contributed by atoms with van der Waals surface area (Å²) in [6.07, 6.45) is 14.9. The minimum absolute atomic E-state index is 0.0844. The van der Waals surface area contributed by atoms with Gasteiger partial charge in [0.2, 0.25) is 0 Å². The third-order valence-corrected chi connectivity index (χ3v) is 5.57. The van der Waals surface area contributed by atoms with E-state index in [-0.39, 0.29) is 6.29 Å². The van der Waals surface area contributed by atoms with E-state index in [2.05, 4.69) is 11.8 Å². The minimum Gasteiger partial charge on any atom is -0.354 e. The predicted molar refractivity (Wildman–Crippen MR) is 87.5 cm³/mol. The molecule has 1 unspecified atom stereocenters. The number of nitrogens with zero attached hydrogens (tertiary/aromatic N) is 1. The van der Waals surface area contributed by atoms with Crippen molar-refractivity contribution in [1.29, 1.82) is 0 Å². The van der Waals surface area contributed by atoms with E-state index in [4.69, 9.17) is 9.47 Å². The zero-order valence-electron chi connectivity index (χ0n) is 14.4. The first-order valence-electron chi connectivity index (χ1n) is 9.14. The summed E-state index contributed by atoms with van der Waals surface area (Å²) in [6.45, 7) is 2.29. The Bertz CT molecular complexity index is 250. The fraction of sp³-hybridized carbons (Fsp3) is 1.00. The fourth-order valence-electron chi connectivity index (χ4n) is 4.55. The smallest absolute Gasteiger partial charge is 0.172 e. The Morgan fingerprint density at radius 1 is 0.810 bits per heavy atom. The molecule has 21 heavy (non-hydrogen) atoms. The highest BCUT2D eigenvalue weighted by Crippen LogP contribution is 2.33. The van der Waals surface area contributed by atoms with Gasteiger partial charge in [-0.1, -0.05) is 45.4 Å². The molecule has 2 rings (SSSR count). The molecule has 0 amide bonds. The molecule has 3 heteroatoms. The molecule has 2 fully saturated rings. The normalized spacial score (nSPS) is 23.9. The molecule has 0 aromatic carbocycles. The van der Waals surface area contributed by atoms with Crippen molar-refractivity contribution in [2.75, 3.05) is 14.2 Å². The lowest BCUT2D eigenvalue weighted by Crippen LogP contribution is -2.55. The molecule has 3 nitrogen and oxygen atoms in total. The number of hydrogen-bond donors (Lipinski definition) is 0. The van der Waals surface area contributed by atoms with Crippen LogP contribution >= 0.6 is 0 Å². The third-order valence-electron chi connectivity index (χ3n) is 5.57. The highest BCUT2D eigenvalue weighted by Gasteiger charge is 2.37. The van der Waals surface area contributed by atoms with E-state index >= 15 is 0 Å². The van der Waals surface area contributed by atoms with Crippen LogP contribution in [0.25, 0.3) is 0 Å². The molecule has 0 N–H and O–H groups in total. The second-order valence-electron chi connectivity index (χ2n) is 6.85. The topological polar surface area (TPSA) is 21.7 Å². The van der Waals surface area contributed by atoms with Gasteiger partial charge in [-0.25, -0.2) is 0 Å². The van der Waals surface area contributed by atoms with Crippen molar-refractivity contribution < 1.29 is 9.47 Å². The van der Waals surface area contributed by atoms with Gasteiger partial charge in [0.15, 0.2) is 6.29 Å². The van der Waals surface area contributed by atoms with Crippen LogP contribution in [0.4, 0.5) is 0 Å². The molecular weight excluding hydrogens is 262 g/mol. The molecule has 2 aliphatic rings. The van der Waals surface area contributed by atoms with Crippen LogP contribution in [0.5, 0.6) is 0 Å². The van der Waals surface area contributed by atoms with Gasteiger partial charge >= 0.3 is 0 Å². The van der Waals surface area contributed by atoms with Crippen molar-refractivity contribution in [3.8, 4) is 0 Å². The van der Waals surface area contributed by atoms with Crippen LogP contribution in [-0.4, -0.2) is 43.5 Å². The first-order chi connectivity index (χ1) is 10.3. The lowest BCUT2D eigenvalue weighted by Gasteiger charge is -2.47. The molecule has 0 saturated heterocycles. The van der Waals surface area contributed by atoms with Crippen molar-refractivity contribution in [1.82, 2.24) is 4.90 Å². The van der Waals surface area contributed by atoms with Crippen molar-refractivity contribution in [3.63, 3.8) is 0 Å². The van der Waals surface area contributed by atoms with Crippen molar-refractivity contribution in [2.45, 2.75) is 102 Å². The zero-order valence-corrected chi connectivity index (χ0v) is 14.4. The lowest BCUT2D eigenvalue weighted by atomic mass is 9.87. The summed E-state index contributed by atoms with van der Waals surface area (Å²) in [7, 11) is 3.58. The van der Waals surface area contributed by atoms with Crippen LogP contribution in [0.2, 0.25) is 0 Å². The first kappa shape index (κ1) is 17.2. The number of ether oxygens (including phenoxy) is 2. The van der Waals surface area contributed by atoms with E-state index in [0.717, 1.165) is 18.5 Å². The number of methoxy groups -OCH3 is 2. The molecule has 124 valence electrons. The van der Waals surface area contributed by atoms with Crippen LogP contribution in [0.1, 0.15) is 77.6 Å². The molecule has 0 bridgehead atoms. The van der Waals surface area contributed by atoms with Gasteiger partial charge in [-0.05, 0) is 32.1 Å². The molecule has 2 saturated carbocycles. The molecule has 0 aromatic heterocycles. The summed E-state index contributed by atoms with van der Waals surface area (Å²) in [5.41, 5.74) is 0. The highest BCUT2D eigenvalue weighted by atomic mass is 16.7. The van der Waals surface area contributed by atoms with Gasteiger partial charge in [0.1, 0.15) is 0 Å². The van der Waals surface area contributed by atoms with Gasteiger partial charge in [-0.2, -0.15) is 0 Å². The Morgan fingerprint density at radius 2 is 1.24 bits per heavy atom. The predicted octanol–water partition coefficient (Wildman–Crippen LogP) is 4.35. The van der Waals surface area contributed by atoms with Gasteiger partial charge in [-0.3, -0.25) is 4.90 Å². The summed E-state index contributed by atoms with van der Waals surface area (Å²) >= 11 is 0. The Hall–Kier alpha value is -0.120. The molecule has 0 radical (unpaired) electrons. The summed E-state index contributed by atoms with van der Waals surface area (Å²) < 4.78 is 11.3. The van der Waals surface area contributed by atoms with Crippen molar-refractivity contribution in [2.24, 2.45) is 0 Å². The Labute approximate surface area is 131 Å². The fourth-order valence-corrected chi connectivity index (χ4v) is 4.55. The summed E-state index contributed by atoms with van der Waals surface area (Å²) in [5.74, 6) is 0.